The van der Waals surface area contributed by atoms with E-state index in [9.17, 15) is 29.4 Å². The summed E-state index contributed by atoms with van der Waals surface area (Å²) in [5, 5.41) is 35.8. The van der Waals surface area contributed by atoms with Gasteiger partial charge in [0.1, 0.15) is 12.1 Å². The molecule has 0 saturated heterocycles. The summed E-state index contributed by atoms with van der Waals surface area (Å²) in [5.41, 5.74) is 11.2. The number of carbonyl (C=O) groups is 4. The molecule has 0 aliphatic carbocycles. The summed E-state index contributed by atoms with van der Waals surface area (Å²) in [5.74, 6) is -3.24. The van der Waals surface area contributed by atoms with Crippen LogP contribution in [0.5, 0.6) is 0 Å². The zero-order chi connectivity index (χ0) is 24.8. The molecular weight excluding hydrogens is 442 g/mol. The van der Waals surface area contributed by atoms with Crippen molar-refractivity contribution in [3.05, 3.63) is 0 Å². The maximum absolute atomic E-state index is 12.7. The zero-order valence-electron chi connectivity index (χ0n) is 18.7. The molecule has 32 heavy (non-hydrogen) atoms. The van der Waals surface area contributed by atoms with Crippen LogP contribution >= 0.6 is 11.8 Å². The summed E-state index contributed by atoms with van der Waals surface area (Å²) < 4.78 is 0. The molecular formula is C19H37N5O7S. The highest BCUT2D eigenvalue weighted by molar-refractivity contribution is 7.98. The standard InChI is InChI=1S/C19H37N5O7S/c1-10(25)14(23-16(27)12(21)6-4-5-8-20)18(29)22-13(7-9-32-3)17(28)24-15(11(2)26)19(30)31/h10-15,25-26H,4-9,20-21H2,1-3H3,(H,22,29)(H,23,27)(H,24,28)(H,30,31). The van der Waals surface area contributed by atoms with Crippen LogP contribution < -0.4 is 27.4 Å². The van der Waals surface area contributed by atoms with E-state index in [0.29, 0.717) is 31.6 Å². The zero-order valence-corrected chi connectivity index (χ0v) is 19.6. The van der Waals surface area contributed by atoms with Gasteiger partial charge in [0.05, 0.1) is 18.2 Å². The lowest BCUT2D eigenvalue weighted by molar-refractivity contribution is -0.145. The van der Waals surface area contributed by atoms with Crippen LogP contribution in [0.1, 0.15) is 39.5 Å². The first kappa shape index (κ1) is 30.1. The Balaban J connectivity index is 5.28. The second kappa shape index (κ2) is 15.8. The van der Waals surface area contributed by atoms with Gasteiger partial charge in [0.2, 0.25) is 17.7 Å². The lowest BCUT2D eigenvalue weighted by Gasteiger charge is -2.26. The molecule has 10 N–H and O–H groups in total. The summed E-state index contributed by atoms with van der Waals surface area (Å²) in [6.07, 6.45) is 0.967. The van der Waals surface area contributed by atoms with Crippen LogP contribution in [0.15, 0.2) is 0 Å². The van der Waals surface area contributed by atoms with Gasteiger partial charge < -0.3 is 42.7 Å². The van der Waals surface area contributed by atoms with Crippen LogP contribution in [-0.4, -0.2) is 93.9 Å². The Kier molecular flexibility index (Phi) is 14.9. The molecule has 0 aromatic carbocycles. The fourth-order valence-corrected chi connectivity index (χ4v) is 3.19. The second-order valence-corrected chi connectivity index (χ2v) is 8.51. The molecule has 0 fully saturated rings. The monoisotopic (exact) mass is 479 g/mol. The molecule has 0 aromatic rings. The molecule has 12 nitrogen and oxygen atoms in total. The number of aliphatic carboxylic acids is 1. The Morgan fingerprint density at radius 3 is 1.91 bits per heavy atom. The number of carboxylic acids is 1. The number of rotatable bonds is 16. The highest BCUT2D eigenvalue weighted by atomic mass is 32.2. The Morgan fingerprint density at radius 2 is 1.44 bits per heavy atom. The molecule has 0 aliphatic heterocycles. The normalized spacial score (nSPS) is 16.7. The quantitative estimate of drug-likeness (QED) is 0.109. The molecule has 13 heteroatoms. The van der Waals surface area contributed by atoms with Gasteiger partial charge in [-0.3, -0.25) is 14.4 Å². The summed E-state index contributed by atoms with van der Waals surface area (Å²) in [4.78, 5) is 48.9. The first-order chi connectivity index (χ1) is 15.0. The maximum atomic E-state index is 12.7. The summed E-state index contributed by atoms with van der Waals surface area (Å²) in [6.45, 7) is 2.98. The Bertz CT molecular complexity index is 621. The number of hydrogen-bond acceptors (Lipinski definition) is 9. The van der Waals surface area contributed by atoms with Crippen LogP contribution in [0.2, 0.25) is 0 Å². The van der Waals surface area contributed by atoms with E-state index in [2.05, 4.69) is 16.0 Å². The highest BCUT2D eigenvalue weighted by Crippen LogP contribution is 2.06. The number of amides is 3. The van der Waals surface area contributed by atoms with E-state index in [-0.39, 0.29) is 6.42 Å². The van der Waals surface area contributed by atoms with Crippen LogP contribution in [0.25, 0.3) is 0 Å². The van der Waals surface area contributed by atoms with Gasteiger partial charge in [-0.25, -0.2) is 4.79 Å². The average Bonchev–Trinajstić information content (AvgIpc) is 2.71. The van der Waals surface area contributed by atoms with E-state index in [0.717, 1.165) is 0 Å². The highest BCUT2D eigenvalue weighted by Gasteiger charge is 2.33. The molecule has 0 radical (unpaired) electrons. The second-order valence-electron chi connectivity index (χ2n) is 7.53. The number of nitrogens with two attached hydrogens (primary N) is 2. The molecule has 0 bridgehead atoms. The molecule has 186 valence electrons. The van der Waals surface area contributed by atoms with Crippen molar-refractivity contribution in [3.8, 4) is 0 Å². The fraction of sp³-hybridized carbons (Fsp3) is 0.789. The van der Waals surface area contributed by atoms with Gasteiger partial charge in [0, 0.05) is 0 Å². The van der Waals surface area contributed by atoms with Crippen molar-refractivity contribution in [1.82, 2.24) is 16.0 Å². The van der Waals surface area contributed by atoms with Gasteiger partial charge in [-0.05, 0) is 51.7 Å². The third-order valence-electron chi connectivity index (χ3n) is 4.66. The van der Waals surface area contributed by atoms with E-state index in [1.807, 2.05) is 0 Å². The number of thioether (sulfide) groups is 1. The van der Waals surface area contributed by atoms with Gasteiger partial charge in [0.15, 0.2) is 6.04 Å². The first-order valence-corrected chi connectivity index (χ1v) is 11.8. The summed E-state index contributed by atoms with van der Waals surface area (Å²) in [6, 6.07) is -4.98. The molecule has 0 heterocycles. The van der Waals surface area contributed by atoms with Crippen molar-refractivity contribution in [2.24, 2.45) is 11.5 Å². The molecule has 6 unspecified atom stereocenters. The number of carbonyl (C=O) groups excluding carboxylic acids is 3. The van der Waals surface area contributed by atoms with E-state index in [1.54, 1.807) is 6.26 Å². The van der Waals surface area contributed by atoms with Gasteiger partial charge in [-0.15, -0.1) is 0 Å². The van der Waals surface area contributed by atoms with Crippen LogP contribution in [0.4, 0.5) is 0 Å². The number of nitrogens with one attached hydrogen (secondary N) is 3. The molecule has 6 atom stereocenters. The number of hydrogen-bond donors (Lipinski definition) is 8. The lowest BCUT2D eigenvalue weighted by Crippen LogP contribution is -2.60. The Morgan fingerprint density at radius 1 is 0.875 bits per heavy atom. The van der Waals surface area contributed by atoms with E-state index in [4.69, 9.17) is 16.6 Å². The molecule has 0 aliphatic rings. The smallest absolute Gasteiger partial charge is 0.328 e. The fourth-order valence-electron chi connectivity index (χ4n) is 2.71. The van der Waals surface area contributed by atoms with Crippen LogP contribution in [0, 0.1) is 0 Å². The molecule has 0 aromatic heterocycles. The number of carboxylic acid groups (broad SMARTS) is 1. The van der Waals surface area contributed by atoms with E-state index >= 15 is 0 Å². The van der Waals surface area contributed by atoms with Crippen molar-refractivity contribution in [1.29, 1.82) is 0 Å². The molecule has 0 rings (SSSR count). The van der Waals surface area contributed by atoms with E-state index < -0.39 is 60.1 Å². The molecule has 0 saturated carbocycles. The van der Waals surface area contributed by atoms with Gasteiger partial charge in [-0.2, -0.15) is 11.8 Å². The van der Waals surface area contributed by atoms with Gasteiger partial charge >= 0.3 is 5.97 Å². The summed E-state index contributed by atoms with van der Waals surface area (Å²) >= 11 is 1.40. The maximum Gasteiger partial charge on any atom is 0.328 e. The van der Waals surface area contributed by atoms with E-state index in [1.165, 1.54) is 25.6 Å². The predicted octanol–water partition coefficient (Wildman–Crippen LogP) is -2.50. The number of aliphatic hydroxyl groups excluding tert-OH is 2. The topological polar surface area (TPSA) is 217 Å². The first-order valence-electron chi connectivity index (χ1n) is 10.4. The number of aliphatic hydroxyl groups is 2. The SMILES string of the molecule is CSCCC(NC(=O)C(NC(=O)C(N)CCCCN)C(C)O)C(=O)NC(C(=O)O)C(C)O. The summed E-state index contributed by atoms with van der Waals surface area (Å²) in [7, 11) is 0. The largest absolute Gasteiger partial charge is 0.480 e. The van der Waals surface area contributed by atoms with Crippen molar-refractivity contribution in [2.45, 2.75) is 75.9 Å². The lowest BCUT2D eigenvalue weighted by atomic mass is 10.1. The van der Waals surface area contributed by atoms with Crippen molar-refractivity contribution < 1.29 is 34.5 Å². The third-order valence-corrected chi connectivity index (χ3v) is 5.30. The molecule has 0 spiro atoms. The Labute approximate surface area is 192 Å². The minimum atomic E-state index is -1.56. The average molecular weight is 480 g/mol. The van der Waals surface area contributed by atoms with Crippen molar-refractivity contribution in [3.63, 3.8) is 0 Å². The minimum Gasteiger partial charge on any atom is -0.480 e. The Hall–Kier alpha value is -1.93. The van der Waals surface area contributed by atoms with Gasteiger partial charge in [-0.1, -0.05) is 6.42 Å². The third kappa shape index (κ3) is 11.1. The van der Waals surface area contributed by atoms with Crippen molar-refractivity contribution in [2.75, 3.05) is 18.6 Å². The minimum absolute atomic E-state index is 0.157. The predicted molar refractivity (Wildman–Crippen MR) is 121 cm³/mol. The number of unbranched alkanes of at least 4 members (excludes halogenated alkanes) is 1. The molecule has 3 amide bonds. The van der Waals surface area contributed by atoms with Crippen molar-refractivity contribution >= 4 is 35.5 Å². The van der Waals surface area contributed by atoms with Crippen LogP contribution in [0.3, 0.4) is 0 Å². The van der Waals surface area contributed by atoms with Gasteiger partial charge in [0.25, 0.3) is 0 Å². The van der Waals surface area contributed by atoms with Crippen LogP contribution in [-0.2, 0) is 19.2 Å².